The van der Waals surface area contributed by atoms with Crippen molar-refractivity contribution in [1.29, 1.82) is 0 Å². The van der Waals surface area contributed by atoms with Gasteiger partial charge in [0.15, 0.2) is 5.69 Å². The molecule has 2 N–H and O–H groups in total. The number of alkyl carbamates (subject to hydrolysis) is 1. The molecule has 6 rings (SSSR count). The van der Waals surface area contributed by atoms with Crippen molar-refractivity contribution in [2.75, 3.05) is 13.2 Å². The van der Waals surface area contributed by atoms with Crippen LogP contribution in [0.2, 0.25) is 0 Å². The number of carbonyl (C=O) groups is 2. The zero-order valence-corrected chi connectivity index (χ0v) is 23.2. The lowest BCUT2D eigenvalue weighted by Gasteiger charge is -2.41. The summed E-state index contributed by atoms with van der Waals surface area (Å²) in [7, 11) is -3.49. The van der Waals surface area contributed by atoms with Gasteiger partial charge in [0.2, 0.25) is 10.0 Å². The van der Waals surface area contributed by atoms with Crippen molar-refractivity contribution in [2.45, 2.75) is 93.3 Å². The summed E-state index contributed by atoms with van der Waals surface area (Å²) in [6, 6.07) is 10.7. The average Bonchev–Trinajstić information content (AvgIpc) is 3.51. The molecule has 3 aliphatic heterocycles. The number of hydrogen-bond donors (Lipinski definition) is 2. The lowest BCUT2D eigenvalue weighted by atomic mass is 9.95. The smallest absolute Gasteiger partial charge is 0.407 e. The lowest BCUT2D eigenvalue weighted by molar-refractivity contribution is -0.00228. The number of rotatable bonds is 8. The second-order valence-corrected chi connectivity index (χ2v) is 13.5. The van der Waals surface area contributed by atoms with Crippen molar-refractivity contribution in [3.8, 4) is 0 Å². The van der Waals surface area contributed by atoms with E-state index in [-0.39, 0.29) is 48.3 Å². The fraction of sp³-hybridized carbons (Fsp3) is 0.607. The van der Waals surface area contributed by atoms with E-state index in [1.807, 2.05) is 30.3 Å². The Kier molecular flexibility index (Phi) is 7.82. The van der Waals surface area contributed by atoms with Crippen LogP contribution in [0.1, 0.15) is 79.1 Å². The molecule has 1 aliphatic carbocycles. The van der Waals surface area contributed by atoms with E-state index in [9.17, 15) is 18.0 Å². The fourth-order valence-corrected chi connectivity index (χ4v) is 8.95. The second kappa shape index (κ2) is 11.5. The SMILES string of the molecule is O=C(NC1CCC(S(=O)(=O)N2[C@@H]3CC[C@H]2CC(NC(=O)c2cc(C4COC4)on2)C3)CC1)OCc1ccccc1. The van der Waals surface area contributed by atoms with Gasteiger partial charge in [-0.25, -0.2) is 13.2 Å². The third-order valence-electron chi connectivity index (χ3n) is 8.73. The van der Waals surface area contributed by atoms with E-state index in [2.05, 4.69) is 15.8 Å². The number of benzene rings is 1. The Morgan fingerprint density at radius 1 is 0.950 bits per heavy atom. The molecule has 4 fully saturated rings. The summed E-state index contributed by atoms with van der Waals surface area (Å²) in [6.07, 6.45) is 4.51. The monoisotopic (exact) mass is 572 g/mol. The maximum absolute atomic E-state index is 13.7. The lowest BCUT2D eigenvalue weighted by Crippen LogP contribution is -2.55. The quantitative estimate of drug-likeness (QED) is 0.492. The van der Waals surface area contributed by atoms with Crippen LogP contribution in [0.5, 0.6) is 0 Å². The van der Waals surface area contributed by atoms with Crippen LogP contribution in [0, 0.1) is 0 Å². The van der Waals surface area contributed by atoms with Gasteiger partial charge in [0.1, 0.15) is 12.4 Å². The summed E-state index contributed by atoms with van der Waals surface area (Å²) < 4.78 is 45.0. The van der Waals surface area contributed by atoms with E-state index in [0.29, 0.717) is 57.5 Å². The van der Waals surface area contributed by atoms with Crippen molar-refractivity contribution >= 4 is 22.0 Å². The Morgan fingerprint density at radius 2 is 1.65 bits per heavy atom. The molecule has 3 saturated heterocycles. The molecule has 1 unspecified atom stereocenters. The second-order valence-electron chi connectivity index (χ2n) is 11.4. The summed E-state index contributed by atoms with van der Waals surface area (Å²) >= 11 is 0. The molecule has 3 atom stereocenters. The first-order valence-electron chi connectivity index (χ1n) is 14.2. The highest BCUT2D eigenvalue weighted by Crippen LogP contribution is 2.41. The largest absolute Gasteiger partial charge is 0.445 e. The predicted molar refractivity (Wildman–Crippen MR) is 144 cm³/mol. The van der Waals surface area contributed by atoms with Gasteiger partial charge in [-0.05, 0) is 56.9 Å². The van der Waals surface area contributed by atoms with Crippen molar-refractivity contribution in [2.24, 2.45) is 0 Å². The van der Waals surface area contributed by atoms with Gasteiger partial charge in [-0.15, -0.1) is 0 Å². The number of amides is 2. The molecule has 1 saturated carbocycles. The van der Waals surface area contributed by atoms with Gasteiger partial charge in [0, 0.05) is 30.2 Å². The topological polar surface area (TPSA) is 140 Å². The highest BCUT2D eigenvalue weighted by molar-refractivity contribution is 7.89. The van der Waals surface area contributed by atoms with E-state index < -0.39 is 21.4 Å². The van der Waals surface area contributed by atoms with Crippen molar-refractivity contribution in [3.63, 3.8) is 0 Å². The van der Waals surface area contributed by atoms with Crippen LogP contribution in [0.4, 0.5) is 4.79 Å². The van der Waals surface area contributed by atoms with E-state index >= 15 is 0 Å². The molecule has 216 valence electrons. The average molecular weight is 573 g/mol. The molecule has 40 heavy (non-hydrogen) atoms. The summed E-state index contributed by atoms with van der Waals surface area (Å²) in [5.41, 5.74) is 1.16. The van der Waals surface area contributed by atoms with Crippen LogP contribution in [-0.4, -0.2) is 72.5 Å². The number of aromatic nitrogens is 1. The molecule has 1 aromatic carbocycles. The number of nitrogens with zero attached hydrogens (tertiary/aromatic N) is 2. The van der Waals surface area contributed by atoms with Crippen molar-refractivity contribution in [3.05, 3.63) is 53.4 Å². The van der Waals surface area contributed by atoms with E-state index in [1.54, 1.807) is 10.4 Å². The number of ether oxygens (including phenoxy) is 2. The zero-order valence-electron chi connectivity index (χ0n) is 22.4. The van der Waals surface area contributed by atoms with Gasteiger partial charge in [-0.1, -0.05) is 35.5 Å². The Balaban J connectivity index is 0.982. The van der Waals surface area contributed by atoms with Crippen LogP contribution < -0.4 is 10.6 Å². The number of hydrogen-bond acceptors (Lipinski definition) is 8. The Hall–Kier alpha value is -2.96. The van der Waals surface area contributed by atoms with E-state index in [4.69, 9.17) is 14.0 Å². The van der Waals surface area contributed by atoms with E-state index in [0.717, 1.165) is 18.4 Å². The minimum Gasteiger partial charge on any atom is -0.445 e. The third-order valence-corrected chi connectivity index (χ3v) is 11.2. The minimum absolute atomic E-state index is 0.0961. The number of sulfonamides is 1. The van der Waals surface area contributed by atoms with Gasteiger partial charge in [-0.2, -0.15) is 4.31 Å². The maximum atomic E-state index is 13.7. The van der Waals surface area contributed by atoms with Gasteiger partial charge in [0.05, 0.1) is 24.4 Å². The van der Waals surface area contributed by atoms with Crippen LogP contribution in [0.25, 0.3) is 0 Å². The molecule has 1 aromatic heterocycles. The molecule has 4 heterocycles. The summed E-state index contributed by atoms with van der Waals surface area (Å²) in [4.78, 5) is 25.0. The molecule has 4 aliphatic rings. The highest BCUT2D eigenvalue weighted by atomic mass is 32.2. The van der Waals surface area contributed by atoms with Gasteiger partial charge < -0.3 is 24.6 Å². The molecule has 0 radical (unpaired) electrons. The minimum atomic E-state index is -3.49. The number of carbonyl (C=O) groups excluding carboxylic acids is 2. The summed E-state index contributed by atoms with van der Waals surface area (Å²) in [5, 5.41) is 9.41. The van der Waals surface area contributed by atoms with Gasteiger partial charge in [-0.3, -0.25) is 4.79 Å². The highest BCUT2D eigenvalue weighted by Gasteiger charge is 2.49. The van der Waals surface area contributed by atoms with Gasteiger partial charge in [0.25, 0.3) is 5.91 Å². The van der Waals surface area contributed by atoms with E-state index in [1.165, 1.54) is 0 Å². The van der Waals surface area contributed by atoms with Crippen LogP contribution in [0.15, 0.2) is 40.9 Å². The molecule has 0 spiro atoms. The molecule has 2 aromatic rings. The summed E-state index contributed by atoms with van der Waals surface area (Å²) in [5.74, 6) is 0.521. The normalized spacial score (nSPS) is 28.9. The Bertz CT molecular complexity index is 1290. The Labute approximate surface area is 234 Å². The zero-order chi connectivity index (χ0) is 27.7. The van der Waals surface area contributed by atoms with Crippen LogP contribution >= 0.6 is 0 Å². The molecule has 12 heteroatoms. The standard InChI is InChI=1S/C28H36N4O7S/c33-27(25-14-26(39-31-25)19-16-37-17-19)29-21-12-22-8-9-23(13-21)32(22)40(35,36)24-10-6-20(7-11-24)30-28(34)38-15-18-4-2-1-3-5-18/h1-5,14,19-24H,6-13,15-17H2,(H,29,33)(H,30,34)/t20?,21?,22-,23+,24?. The molecular weight excluding hydrogens is 536 g/mol. The number of nitrogens with one attached hydrogen (secondary N) is 2. The van der Waals surface area contributed by atoms with Crippen LogP contribution in [-0.2, 0) is 26.1 Å². The Morgan fingerprint density at radius 3 is 2.30 bits per heavy atom. The number of fused-ring (bicyclic) bond motifs is 2. The predicted octanol–water partition coefficient (Wildman–Crippen LogP) is 3.08. The number of piperidine rings is 1. The maximum Gasteiger partial charge on any atom is 0.407 e. The first-order chi connectivity index (χ1) is 19.4. The molecule has 2 amide bonds. The van der Waals surface area contributed by atoms with Crippen LogP contribution in [0.3, 0.4) is 0 Å². The third kappa shape index (κ3) is 5.75. The molecular formula is C28H36N4O7S. The first kappa shape index (κ1) is 27.2. The molecule has 11 nitrogen and oxygen atoms in total. The fourth-order valence-electron chi connectivity index (χ4n) is 6.52. The summed E-state index contributed by atoms with van der Waals surface area (Å²) in [6.45, 7) is 1.35. The first-order valence-corrected chi connectivity index (χ1v) is 15.7. The molecule has 2 bridgehead atoms. The van der Waals surface area contributed by atoms with Gasteiger partial charge >= 0.3 is 6.09 Å². The van der Waals surface area contributed by atoms with Crippen molar-refractivity contribution < 1.29 is 32.0 Å². The van der Waals surface area contributed by atoms with Crippen molar-refractivity contribution in [1.82, 2.24) is 20.1 Å².